The summed E-state index contributed by atoms with van der Waals surface area (Å²) in [4.78, 5) is 22.5. The van der Waals surface area contributed by atoms with Crippen LogP contribution in [0.4, 0.5) is 0 Å². The summed E-state index contributed by atoms with van der Waals surface area (Å²) in [6, 6.07) is 0. The maximum absolute atomic E-state index is 12.4. The van der Waals surface area contributed by atoms with Crippen LogP contribution in [-0.2, 0) is 27.9 Å². The number of nitrogens with zero attached hydrogens (tertiary/aromatic N) is 1. The Bertz CT molecular complexity index is 667. The van der Waals surface area contributed by atoms with E-state index in [4.69, 9.17) is 18.5 Å². The van der Waals surface area contributed by atoms with Gasteiger partial charge in [-0.05, 0) is 32.1 Å². The number of unbranched alkanes of at least 4 members (excludes halogenated alkanes) is 13. The van der Waals surface area contributed by atoms with Gasteiger partial charge in [0.1, 0.15) is 19.3 Å². The van der Waals surface area contributed by atoms with Crippen molar-refractivity contribution in [1.82, 2.24) is 0 Å². The third-order valence-corrected chi connectivity index (χ3v) is 7.54. The van der Waals surface area contributed by atoms with Gasteiger partial charge in [0.25, 0.3) is 0 Å². The van der Waals surface area contributed by atoms with Crippen molar-refractivity contribution in [3.05, 3.63) is 12.2 Å². The fourth-order valence-corrected chi connectivity index (χ4v) is 4.76. The summed E-state index contributed by atoms with van der Waals surface area (Å²) >= 11 is 0. The molecule has 2 atom stereocenters. The minimum atomic E-state index is -4.25. The fraction of sp³-hybridized carbons (Fsp3) is 0.903. The quantitative estimate of drug-likeness (QED) is 0.0309. The lowest BCUT2D eigenvalue weighted by Gasteiger charge is -2.24. The molecule has 0 aromatic heterocycles. The molecule has 0 aromatic rings. The second-order valence-electron chi connectivity index (χ2n) is 11.8. The molecule has 8 nitrogen and oxygen atoms in total. The highest BCUT2D eigenvalue weighted by atomic mass is 31.2. The van der Waals surface area contributed by atoms with Crippen LogP contribution in [0.3, 0.4) is 0 Å². The number of phosphoric ester groups is 1. The van der Waals surface area contributed by atoms with Gasteiger partial charge in [-0.1, -0.05) is 96.6 Å². The van der Waals surface area contributed by atoms with Crippen LogP contribution < -0.4 is 0 Å². The van der Waals surface area contributed by atoms with E-state index in [1.165, 1.54) is 70.6 Å². The maximum atomic E-state index is 12.4. The molecule has 0 spiro atoms. The van der Waals surface area contributed by atoms with Crippen LogP contribution >= 0.6 is 7.82 Å². The topological polar surface area (TPSA) is 91.3 Å². The van der Waals surface area contributed by atoms with Crippen LogP contribution in [0.15, 0.2) is 12.2 Å². The predicted octanol–water partition coefficient (Wildman–Crippen LogP) is 7.98. The van der Waals surface area contributed by atoms with Crippen LogP contribution in [0.2, 0.25) is 0 Å². The van der Waals surface area contributed by atoms with Crippen molar-refractivity contribution < 1.29 is 37.3 Å². The van der Waals surface area contributed by atoms with Crippen molar-refractivity contribution in [2.45, 2.75) is 129 Å². The summed E-state index contributed by atoms with van der Waals surface area (Å²) in [6.45, 7) is 5.49. The summed E-state index contributed by atoms with van der Waals surface area (Å²) in [7, 11) is 1.66. The predicted molar refractivity (Wildman–Crippen MR) is 164 cm³/mol. The van der Waals surface area contributed by atoms with Crippen LogP contribution in [0.1, 0.15) is 123 Å². The largest absolute Gasteiger partial charge is 0.472 e. The van der Waals surface area contributed by atoms with Gasteiger partial charge in [-0.3, -0.25) is 13.8 Å². The molecule has 0 saturated carbocycles. The second kappa shape index (κ2) is 25.9. The van der Waals surface area contributed by atoms with Crippen molar-refractivity contribution >= 4 is 13.8 Å². The fourth-order valence-electron chi connectivity index (χ4n) is 4.02. The highest BCUT2D eigenvalue weighted by molar-refractivity contribution is 7.47. The van der Waals surface area contributed by atoms with Gasteiger partial charge < -0.3 is 18.9 Å². The summed E-state index contributed by atoms with van der Waals surface area (Å²) in [6.07, 6.45) is 22.5. The van der Waals surface area contributed by atoms with E-state index in [1.807, 2.05) is 21.1 Å². The first-order valence-electron chi connectivity index (χ1n) is 15.9. The van der Waals surface area contributed by atoms with E-state index in [1.54, 1.807) is 0 Å². The number of ether oxygens (including phenoxy) is 2. The van der Waals surface area contributed by atoms with E-state index in [0.717, 1.165) is 32.1 Å². The molecule has 0 radical (unpaired) electrons. The Balaban J connectivity index is 4.36. The molecule has 0 amide bonds. The van der Waals surface area contributed by atoms with Gasteiger partial charge >= 0.3 is 13.8 Å². The standard InChI is InChI=1S/C31H62NO7P/c1-6-8-10-12-14-15-16-17-19-21-23-26-36-28-30(29-38-40(34,35)37-27-25-32(3,4)5)39-31(33)24-22-20-18-13-11-9-7-2/h10,12,30H,6-9,11,13-29H2,1-5H3/p+1/b12-10-. The minimum Gasteiger partial charge on any atom is -0.457 e. The van der Waals surface area contributed by atoms with E-state index in [-0.39, 0.29) is 25.8 Å². The number of carbonyl (C=O) groups excluding carboxylic acids is 1. The Kier molecular flexibility index (Phi) is 25.4. The molecule has 238 valence electrons. The first-order valence-corrected chi connectivity index (χ1v) is 17.4. The number of likely N-dealkylation sites (N-methyl/N-ethyl adjacent to an activating group) is 1. The molecule has 0 aliphatic heterocycles. The van der Waals surface area contributed by atoms with Gasteiger partial charge in [0, 0.05) is 13.0 Å². The summed E-state index contributed by atoms with van der Waals surface area (Å²) < 4.78 is 34.5. The highest BCUT2D eigenvalue weighted by Crippen LogP contribution is 2.43. The summed E-state index contributed by atoms with van der Waals surface area (Å²) in [5, 5.41) is 0. The Hall–Kier alpha value is -0.760. The van der Waals surface area contributed by atoms with E-state index in [0.29, 0.717) is 24.1 Å². The molecule has 0 rings (SSSR count). The number of allylic oxidation sites excluding steroid dienone is 2. The molecule has 0 aliphatic rings. The van der Waals surface area contributed by atoms with Gasteiger partial charge in [0.15, 0.2) is 0 Å². The third-order valence-electron chi connectivity index (χ3n) is 6.56. The Morgan fingerprint density at radius 1 is 0.750 bits per heavy atom. The second-order valence-corrected chi connectivity index (χ2v) is 13.3. The molecular formula is C31H63NO7P+. The van der Waals surface area contributed by atoms with Crippen LogP contribution in [0.25, 0.3) is 0 Å². The van der Waals surface area contributed by atoms with Crippen molar-refractivity contribution in [3.63, 3.8) is 0 Å². The molecule has 0 aliphatic carbocycles. The van der Waals surface area contributed by atoms with Crippen LogP contribution in [0.5, 0.6) is 0 Å². The normalized spacial score (nSPS) is 14.4. The SMILES string of the molecule is CCC/C=C\CCCCCCCCOCC(COP(=O)(O)OCC[N+](C)(C)C)OC(=O)CCCCCCCCC. The highest BCUT2D eigenvalue weighted by Gasteiger charge is 2.26. The summed E-state index contributed by atoms with van der Waals surface area (Å²) in [5.41, 5.74) is 0. The van der Waals surface area contributed by atoms with E-state index in [9.17, 15) is 14.3 Å². The van der Waals surface area contributed by atoms with E-state index >= 15 is 0 Å². The van der Waals surface area contributed by atoms with Crippen LogP contribution in [0, 0.1) is 0 Å². The lowest BCUT2D eigenvalue weighted by molar-refractivity contribution is -0.870. The Morgan fingerprint density at radius 2 is 1.35 bits per heavy atom. The summed E-state index contributed by atoms with van der Waals surface area (Å²) in [5.74, 6) is -0.325. The van der Waals surface area contributed by atoms with Gasteiger partial charge in [-0.2, -0.15) is 0 Å². The van der Waals surface area contributed by atoms with Gasteiger partial charge in [-0.15, -0.1) is 0 Å². The first-order chi connectivity index (χ1) is 19.1. The number of esters is 1. The van der Waals surface area contributed by atoms with E-state index in [2.05, 4.69) is 26.0 Å². The van der Waals surface area contributed by atoms with Gasteiger partial charge in [0.05, 0.1) is 34.4 Å². The monoisotopic (exact) mass is 592 g/mol. The number of hydrogen-bond acceptors (Lipinski definition) is 6. The smallest absolute Gasteiger partial charge is 0.457 e. The van der Waals surface area contributed by atoms with Crippen molar-refractivity contribution in [2.24, 2.45) is 0 Å². The lowest BCUT2D eigenvalue weighted by Crippen LogP contribution is -2.37. The zero-order chi connectivity index (χ0) is 30.0. The molecule has 0 bridgehead atoms. The molecule has 0 saturated heterocycles. The van der Waals surface area contributed by atoms with Gasteiger partial charge in [-0.25, -0.2) is 4.57 Å². The number of hydrogen-bond donors (Lipinski definition) is 1. The van der Waals surface area contributed by atoms with Crippen LogP contribution in [-0.4, -0.2) is 75.6 Å². The van der Waals surface area contributed by atoms with Crippen molar-refractivity contribution in [3.8, 4) is 0 Å². The molecular weight excluding hydrogens is 529 g/mol. The number of carbonyl (C=O) groups is 1. The average molecular weight is 593 g/mol. The molecule has 1 N–H and O–H groups in total. The zero-order valence-corrected chi connectivity index (χ0v) is 27.5. The maximum Gasteiger partial charge on any atom is 0.472 e. The average Bonchev–Trinajstić information content (AvgIpc) is 2.88. The molecule has 2 unspecified atom stereocenters. The van der Waals surface area contributed by atoms with Crippen molar-refractivity contribution in [2.75, 3.05) is 54.1 Å². The number of phosphoric acid groups is 1. The number of rotatable bonds is 29. The molecule has 40 heavy (non-hydrogen) atoms. The Labute approximate surface area is 246 Å². The molecule has 9 heteroatoms. The van der Waals surface area contributed by atoms with Gasteiger partial charge in [0.2, 0.25) is 0 Å². The minimum absolute atomic E-state index is 0.0893. The first kappa shape index (κ1) is 39.2. The van der Waals surface area contributed by atoms with E-state index < -0.39 is 13.9 Å². The number of quaternary nitrogens is 1. The lowest BCUT2D eigenvalue weighted by atomic mass is 10.1. The Morgan fingerprint density at radius 3 is 2.00 bits per heavy atom. The molecule has 0 fully saturated rings. The zero-order valence-electron chi connectivity index (χ0n) is 26.6. The van der Waals surface area contributed by atoms with Crippen molar-refractivity contribution in [1.29, 1.82) is 0 Å². The molecule has 0 heterocycles. The molecule has 0 aromatic carbocycles. The third kappa shape index (κ3) is 28.8.